The number of ether oxygens (including phenoxy) is 1. The van der Waals surface area contributed by atoms with Crippen LogP contribution in [0.15, 0.2) is 24.3 Å². The number of nitrogens with one attached hydrogen (secondary N) is 1. The van der Waals surface area contributed by atoms with Crippen molar-refractivity contribution in [3.63, 3.8) is 0 Å². The van der Waals surface area contributed by atoms with Gasteiger partial charge in [-0.1, -0.05) is 43.7 Å². The lowest BCUT2D eigenvalue weighted by molar-refractivity contribution is 0.138. The van der Waals surface area contributed by atoms with Crippen LogP contribution in [0.25, 0.3) is 0 Å². The van der Waals surface area contributed by atoms with E-state index in [0.29, 0.717) is 5.92 Å². The van der Waals surface area contributed by atoms with Crippen molar-refractivity contribution in [2.24, 2.45) is 5.92 Å². The SMILES string of the molecule is Cc1ccc(CCOCCNCC(C)C)cc1. The molecule has 1 N–H and O–H groups in total. The van der Waals surface area contributed by atoms with Crippen molar-refractivity contribution in [3.8, 4) is 0 Å². The summed E-state index contributed by atoms with van der Waals surface area (Å²) < 4.78 is 5.59. The van der Waals surface area contributed by atoms with Gasteiger partial charge in [0, 0.05) is 6.54 Å². The Labute approximate surface area is 105 Å². The van der Waals surface area contributed by atoms with Gasteiger partial charge in [0.25, 0.3) is 0 Å². The third kappa shape index (κ3) is 7.14. The lowest BCUT2D eigenvalue weighted by Gasteiger charge is -2.08. The zero-order valence-electron chi connectivity index (χ0n) is 11.3. The molecule has 0 aliphatic carbocycles. The maximum Gasteiger partial charge on any atom is 0.0591 e. The Kier molecular flexibility index (Phi) is 6.90. The van der Waals surface area contributed by atoms with E-state index >= 15 is 0 Å². The molecule has 17 heavy (non-hydrogen) atoms. The molecule has 0 radical (unpaired) electrons. The van der Waals surface area contributed by atoms with E-state index in [0.717, 1.165) is 32.7 Å². The largest absolute Gasteiger partial charge is 0.380 e. The summed E-state index contributed by atoms with van der Waals surface area (Å²) in [6, 6.07) is 8.66. The Hall–Kier alpha value is -0.860. The molecule has 0 aliphatic heterocycles. The minimum absolute atomic E-state index is 0.711. The quantitative estimate of drug-likeness (QED) is 0.700. The van der Waals surface area contributed by atoms with Gasteiger partial charge in [0.05, 0.1) is 13.2 Å². The van der Waals surface area contributed by atoms with E-state index in [-0.39, 0.29) is 0 Å². The molecule has 1 aromatic rings. The molecule has 2 nitrogen and oxygen atoms in total. The smallest absolute Gasteiger partial charge is 0.0591 e. The lowest BCUT2D eigenvalue weighted by Crippen LogP contribution is -2.24. The Morgan fingerprint density at radius 3 is 2.47 bits per heavy atom. The Bertz CT molecular complexity index is 292. The molecule has 1 rings (SSSR count). The van der Waals surface area contributed by atoms with Gasteiger partial charge < -0.3 is 10.1 Å². The summed E-state index contributed by atoms with van der Waals surface area (Å²) in [7, 11) is 0. The summed E-state index contributed by atoms with van der Waals surface area (Å²) in [4.78, 5) is 0. The minimum Gasteiger partial charge on any atom is -0.380 e. The van der Waals surface area contributed by atoms with Crippen LogP contribution in [0.3, 0.4) is 0 Å². The Balaban J connectivity index is 1.99. The highest BCUT2D eigenvalue weighted by Gasteiger charge is 1.95. The highest BCUT2D eigenvalue weighted by atomic mass is 16.5. The first-order valence-electron chi connectivity index (χ1n) is 6.52. The van der Waals surface area contributed by atoms with Crippen LogP contribution in [0, 0.1) is 12.8 Å². The van der Waals surface area contributed by atoms with E-state index in [1.54, 1.807) is 0 Å². The fourth-order valence-corrected chi connectivity index (χ4v) is 1.58. The number of hydrogen-bond acceptors (Lipinski definition) is 2. The van der Waals surface area contributed by atoms with Crippen molar-refractivity contribution in [2.45, 2.75) is 27.2 Å². The van der Waals surface area contributed by atoms with E-state index in [2.05, 4.69) is 50.4 Å². The molecular weight excluding hydrogens is 210 g/mol. The molecule has 0 unspecified atom stereocenters. The first-order valence-corrected chi connectivity index (χ1v) is 6.52. The van der Waals surface area contributed by atoms with Crippen molar-refractivity contribution in [1.82, 2.24) is 5.32 Å². The fraction of sp³-hybridized carbons (Fsp3) is 0.600. The normalized spacial score (nSPS) is 11.1. The Morgan fingerprint density at radius 1 is 1.12 bits per heavy atom. The second-order valence-electron chi connectivity index (χ2n) is 4.95. The van der Waals surface area contributed by atoms with Crippen molar-refractivity contribution >= 4 is 0 Å². The highest BCUT2D eigenvalue weighted by molar-refractivity contribution is 5.21. The average Bonchev–Trinajstić information content (AvgIpc) is 2.30. The van der Waals surface area contributed by atoms with E-state index in [1.807, 2.05) is 0 Å². The second-order valence-corrected chi connectivity index (χ2v) is 4.95. The molecule has 0 saturated heterocycles. The molecule has 0 aliphatic rings. The van der Waals surface area contributed by atoms with E-state index < -0.39 is 0 Å². The zero-order chi connectivity index (χ0) is 12.5. The summed E-state index contributed by atoms with van der Waals surface area (Å²) in [6.45, 7) is 10.2. The summed E-state index contributed by atoms with van der Waals surface area (Å²) >= 11 is 0. The number of hydrogen-bond donors (Lipinski definition) is 1. The summed E-state index contributed by atoms with van der Waals surface area (Å²) in [6.07, 6.45) is 1.00. The van der Waals surface area contributed by atoms with Gasteiger partial charge >= 0.3 is 0 Å². The van der Waals surface area contributed by atoms with Gasteiger partial charge in [-0.2, -0.15) is 0 Å². The van der Waals surface area contributed by atoms with Gasteiger partial charge in [-0.3, -0.25) is 0 Å². The highest BCUT2D eigenvalue weighted by Crippen LogP contribution is 2.03. The molecule has 0 saturated carbocycles. The van der Waals surface area contributed by atoms with Crippen LogP contribution in [0.4, 0.5) is 0 Å². The van der Waals surface area contributed by atoms with Gasteiger partial charge in [0.2, 0.25) is 0 Å². The monoisotopic (exact) mass is 235 g/mol. The van der Waals surface area contributed by atoms with Gasteiger partial charge in [-0.05, 0) is 31.4 Å². The van der Waals surface area contributed by atoms with Gasteiger partial charge in [0.15, 0.2) is 0 Å². The van der Waals surface area contributed by atoms with Crippen LogP contribution in [-0.4, -0.2) is 26.3 Å². The zero-order valence-corrected chi connectivity index (χ0v) is 11.3. The molecule has 0 atom stereocenters. The van der Waals surface area contributed by atoms with Crippen LogP contribution in [0.1, 0.15) is 25.0 Å². The van der Waals surface area contributed by atoms with Crippen molar-refractivity contribution in [2.75, 3.05) is 26.3 Å². The predicted octanol–water partition coefficient (Wildman–Crippen LogP) is 2.80. The first kappa shape index (κ1) is 14.2. The van der Waals surface area contributed by atoms with Gasteiger partial charge in [0.1, 0.15) is 0 Å². The maximum atomic E-state index is 5.59. The van der Waals surface area contributed by atoms with Crippen LogP contribution in [0.5, 0.6) is 0 Å². The molecule has 0 spiro atoms. The number of rotatable bonds is 8. The topological polar surface area (TPSA) is 21.3 Å². The molecule has 2 heteroatoms. The number of aryl methyl sites for hydroxylation is 1. The molecule has 96 valence electrons. The standard InChI is InChI=1S/C15H25NO/c1-13(2)12-16-9-11-17-10-8-15-6-4-14(3)5-7-15/h4-7,13,16H,8-12H2,1-3H3. The molecule has 1 aromatic carbocycles. The fourth-order valence-electron chi connectivity index (χ4n) is 1.58. The van der Waals surface area contributed by atoms with Crippen molar-refractivity contribution in [1.29, 1.82) is 0 Å². The van der Waals surface area contributed by atoms with Crippen molar-refractivity contribution in [3.05, 3.63) is 35.4 Å². The number of benzene rings is 1. The lowest BCUT2D eigenvalue weighted by atomic mass is 10.1. The summed E-state index contributed by atoms with van der Waals surface area (Å²) in [5.41, 5.74) is 2.67. The summed E-state index contributed by atoms with van der Waals surface area (Å²) in [5, 5.41) is 3.37. The van der Waals surface area contributed by atoms with Crippen molar-refractivity contribution < 1.29 is 4.74 Å². The minimum atomic E-state index is 0.711. The average molecular weight is 235 g/mol. The van der Waals surface area contributed by atoms with Gasteiger partial charge in [-0.15, -0.1) is 0 Å². The molecule has 0 fully saturated rings. The van der Waals surface area contributed by atoms with E-state index in [9.17, 15) is 0 Å². The van der Waals surface area contributed by atoms with E-state index in [1.165, 1.54) is 11.1 Å². The first-order chi connectivity index (χ1) is 8.18. The molecule has 0 aromatic heterocycles. The van der Waals surface area contributed by atoms with Crippen LogP contribution in [-0.2, 0) is 11.2 Å². The molecule has 0 amide bonds. The second kappa shape index (κ2) is 8.26. The third-order valence-corrected chi connectivity index (χ3v) is 2.63. The van der Waals surface area contributed by atoms with Crippen LogP contribution in [0.2, 0.25) is 0 Å². The van der Waals surface area contributed by atoms with Gasteiger partial charge in [-0.25, -0.2) is 0 Å². The Morgan fingerprint density at radius 2 is 1.82 bits per heavy atom. The molecule has 0 heterocycles. The summed E-state index contributed by atoms with van der Waals surface area (Å²) in [5.74, 6) is 0.711. The molecular formula is C15H25NO. The molecule has 0 bridgehead atoms. The van der Waals surface area contributed by atoms with E-state index in [4.69, 9.17) is 4.74 Å². The van der Waals surface area contributed by atoms with Crippen LogP contribution < -0.4 is 5.32 Å². The predicted molar refractivity (Wildman–Crippen MR) is 73.4 cm³/mol. The maximum absolute atomic E-state index is 5.59. The van der Waals surface area contributed by atoms with Crippen LogP contribution >= 0.6 is 0 Å². The third-order valence-electron chi connectivity index (χ3n) is 2.63.